The predicted octanol–water partition coefficient (Wildman–Crippen LogP) is 1.46. The number of aromatic nitrogens is 1. The third kappa shape index (κ3) is 1.09. The third-order valence-electron chi connectivity index (χ3n) is 2.23. The SMILES string of the molecule is CN1CCCc2cnccc21. The molecule has 0 amide bonds. The van der Waals surface area contributed by atoms with Crippen LogP contribution in [-0.4, -0.2) is 18.6 Å². The van der Waals surface area contributed by atoms with E-state index in [0.29, 0.717) is 0 Å². The van der Waals surface area contributed by atoms with Gasteiger partial charge >= 0.3 is 0 Å². The Morgan fingerprint density at radius 2 is 2.45 bits per heavy atom. The van der Waals surface area contributed by atoms with Crippen molar-refractivity contribution in [2.45, 2.75) is 12.8 Å². The van der Waals surface area contributed by atoms with Gasteiger partial charge in [0.25, 0.3) is 0 Å². The van der Waals surface area contributed by atoms with Crippen molar-refractivity contribution in [1.29, 1.82) is 0 Å². The van der Waals surface area contributed by atoms with E-state index < -0.39 is 0 Å². The van der Waals surface area contributed by atoms with Crippen molar-refractivity contribution < 1.29 is 0 Å². The van der Waals surface area contributed by atoms with Gasteiger partial charge in [0.2, 0.25) is 0 Å². The maximum atomic E-state index is 4.11. The first-order valence-corrected chi connectivity index (χ1v) is 4.02. The molecule has 0 aromatic carbocycles. The summed E-state index contributed by atoms with van der Waals surface area (Å²) in [5.74, 6) is 0. The lowest BCUT2D eigenvalue weighted by atomic mass is 10.1. The van der Waals surface area contributed by atoms with E-state index in [9.17, 15) is 0 Å². The van der Waals surface area contributed by atoms with Crippen LogP contribution in [0.3, 0.4) is 0 Å². The lowest BCUT2D eigenvalue weighted by Crippen LogP contribution is -2.24. The van der Waals surface area contributed by atoms with Gasteiger partial charge in [-0.3, -0.25) is 4.98 Å². The fourth-order valence-corrected chi connectivity index (χ4v) is 1.61. The van der Waals surface area contributed by atoms with Crippen molar-refractivity contribution in [1.82, 2.24) is 4.98 Å². The highest BCUT2D eigenvalue weighted by atomic mass is 15.1. The molecule has 1 aliphatic heterocycles. The summed E-state index contributed by atoms with van der Waals surface area (Å²) in [6.07, 6.45) is 6.29. The van der Waals surface area contributed by atoms with E-state index in [0.717, 1.165) is 0 Å². The average molecular weight is 148 g/mol. The fraction of sp³-hybridized carbons (Fsp3) is 0.444. The second-order valence-electron chi connectivity index (χ2n) is 3.03. The van der Waals surface area contributed by atoms with E-state index in [1.54, 1.807) is 0 Å². The molecule has 0 N–H and O–H groups in total. The normalized spacial score (nSPS) is 16.3. The molecule has 1 aromatic heterocycles. The van der Waals surface area contributed by atoms with E-state index in [1.165, 1.54) is 30.6 Å². The number of hydrogen-bond donors (Lipinski definition) is 0. The molecule has 2 heterocycles. The zero-order valence-corrected chi connectivity index (χ0v) is 6.75. The molecular weight excluding hydrogens is 136 g/mol. The van der Waals surface area contributed by atoms with Gasteiger partial charge in [-0.05, 0) is 24.5 Å². The molecule has 0 saturated heterocycles. The van der Waals surface area contributed by atoms with Gasteiger partial charge < -0.3 is 4.90 Å². The fourth-order valence-electron chi connectivity index (χ4n) is 1.61. The van der Waals surface area contributed by atoms with E-state index in [4.69, 9.17) is 0 Å². The number of fused-ring (bicyclic) bond motifs is 1. The second kappa shape index (κ2) is 2.53. The van der Waals surface area contributed by atoms with Gasteiger partial charge in [0.15, 0.2) is 0 Å². The molecule has 2 heteroatoms. The topological polar surface area (TPSA) is 16.1 Å². The number of rotatable bonds is 0. The molecule has 58 valence electrons. The lowest BCUT2D eigenvalue weighted by Gasteiger charge is -2.26. The molecule has 0 atom stereocenters. The molecule has 0 bridgehead atoms. The smallest absolute Gasteiger partial charge is 0.0427 e. The monoisotopic (exact) mass is 148 g/mol. The van der Waals surface area contributed by atoms with Crippen molar-refractivity contribution in [2.75, 3.05) is 18.5 Å². The van der Waals surface area contributed by atoms with Crippen molar-refractivity contribution in [3.8, 4) is 0 Å². The van der Waals surface area contributed by atoms with Gasteiger partial charge in [0.1, 0.15) is 0 Å². The van der Waals surface area contributed by atoms with Crippen molar-refractivity contribution in [3.05, 3.63) is 24.0 Å². The van der Waals surface area contributed by atoms with Crippen LogP contribution in [0.15, 0.2) is 18.5 Å². The molecule has 0 radical (unpaired) electrons. The highest BCUT2D eigenvalue weighted by Gasteiger charge is 2.11. The van der Waals surface area contributed by atoms with E-state index in [-0.39, 0.29) is 0 Å². The van der Waals surface area contributed by atoms with Crippen LogP contribution in [0.25, 0.3) is 0 Å². The van der Waals surface area contributed by atoms with Gasteiger partial charge in [-0.2, -0.15) is 0 Å². The molecule has 0 spiro atoms. The number of aryl methyl sites for hydroxylation is 1. The Kier molecular flexibility index (Phi) is 1.53. The summed E-state index contributed by atoms with van der Waals surface area (Å²) >= 11 is 0. The highest BCUT2D eigenvalue weighted by molar-refractivity contribution is 5.53. The summed E-state index contributed by atoms with van der Waals surface area (Å²) in [5.41, 5.74) is 2.74. The Balaban J connectivity index is 2.44. The standard InChI is InChI=1S/C9H12N2/c1-11-6-2-3-8-7-10-5-4-9(8)11/h4-5,7H,2-3,6H2,1H3. The van der Waals surface area contributed by atoms with Gasteiger partial charge in [-0.25, -0.2) is 0 Å². The minimum atomic E-state index is 1.18. The second-order valence-corrected chi connectivity index (χ2v) is 3.03. The molecule has 0 aliphatic carbocycles. The minimum absolute atomic E-state index is 1.18. The number of nitrogens with zero attached hydrogens (tertiary/aromatic N) is 2. The number of hydrogen-bond acceptors (Lipinski definition) is 2. The highest BCUT2D eigenvalue weighted by Crippen LogP contribution is 2.23. The molecule has 0 saturated carbocycles. The zero-order chi connectivity index (χ0) is 7.68. The Morgan fingerprint density at radius 3 is 3.27 bits per heavy atom. The molecule has 2 nitrogen and oxygen atoms in total. The Hall–Kier alpha value is -1.05. The predicted molar refractivity (Wildman–Crippen MR) is 45.8 cm³/mol. The number of pyridine rings is 1. The molecular formula is C9H12N2. The summed E-state index contributed by atoms with van der Waals surface area (Å²) < 4.78 is 0. The maximum absolute atomic E-state index is 4.11. The van der Waals surface area contributed by atoms with E-state index in [2.05, 4.69) is 23.0 Å². The summed E-state index contributed by atoms with van der Waals surface area (Å²) in [5, 5.41) is 0. The van der Waals surface area contributed by atoms with Crippen LogP contribution in [-0.2, 0) is 6.42 Å². The van der Waals surface area contributed by atoms with Crippen molar-refractivity contribution >= 4 is 5.69 Å². The van der Waals surface area contributed by atoms with Gasteiger partial charge in [0.05, 0.1) is 0 Å². The Bertz CT molecular complexity index is 257. The van der Waals surface area contributed by atoms with Crippen LogP contribution in [0.1, 0.15) is 12.0 Å². The average Bonchev–Trinajstić information content (AvgIpc) is 2.06. The third-order valence-corrected chi connectivity index (χ3v) is 2.23. The van der Waals surface area contributed by atoms with Crippen molar-refractivity contribution in [2.24, 2.45) is 0 Å². The summed E-state index contributed by atoms with van der Waals surface area (Å²) in [6.45, 7) is 1.18. The van der Waals surface area contributed by atoms with Crippen LogP contribution in [0.5, 0.6) is 0 Å². The first kappa shape index (κ1) is 6.65. The summed E-state index contributed by atoms with van der Waals surface area (Å²) in [7, 11) is 2.14. The Morgan fingerprint density at radius 1 is 1.55 bits per heavy atom. The van der Waals surface area contributed by atoms with Crippen LogP contribution < -0.4 is 4.90 Å². The molecule has 1 aromatic rings. The summed E-state index contributed by atoms with van der Waals surface area (Å²) in [4.78, 5) is 6.40. The molecule has 0 unspecified atom stereocenters. The van der Waals surface area contributed by atoms with Crippen LogP contribution in [0.2, 0.25) is 0 Å². The lowest BCUT2D eigenvalue weighted by molar-refractivity contribution is 0.740. The first-order valence-electron chi connectivity index (χ1n) is 4.02. The minimum Gasteiger partial charge on any atom is -0.374 e. The van der Waals surface area contributed by atoms with Crippen LogP contribution >= 0.6 is 0 Å². The van der Waals surface area contributed by atoms with E-state index >= 15 is 0 Å². The largest absolute Gasteiger partial charge is 0.374 e. The molecule has 11 heavy (non-hydrogen) atoms. The van der Waals surface area contributed by atoms with E-state index in [1.807, 2.05) is 12.4 Å². The quantitative estimate of drug-likeness (QED) is 0.553. The van der Waals surface area contributed by atoms with Crippen LogP contribution in [0, 0.1) is 0 Å². The summed E-state index contributed by atoms with van der Waals surface area (Å²) in [6, 6.07) is 2.09. The zero-order valence-electron chi connectivity index (χ0n) is 6.75. The van der Waals surface area contributed by atoms with Gasteiger partial charge in [0, 0.05) is 31.7 Å². The van der Waals surface area contributed by atoms with Gasteiger partial charge in [-0.1, -0.05) is 0 Å². The maximum Gasteiger partial charge on any atom is 0.0427 e. The van der Waals surface area contributed by atoms with Crippen molar-refractivity contribution in [3.63, 3.8) is 0 Å². The molecule has 1 aliphatic rings. The van der Waals surface area contributed by atoms with Crippen LogP contribution in [0.4, 0.5) is 5.69 Å². The molecule has 0 fully saturated rings. The van der Waals surface area contributed by atoms with Gasteiger partial charge in [-0.15, -0.1) is 0 Å². The Labute approximate surface area is 66.9 Å². The molecule has 2 rings (SSSR count). The number of anilines is 1. The first-order chi connectivity index (χ1) is 5.38.